The Balaban J connectivity index is 2.12. The molecule has 3 rings (SSSR count). The van der Waals surface area contributed by atoms with E-state index < -0.39 is 0 Å². The first kappa shape index (κ1) is 15.1. The SMILES string of the molecule is CCc1cccc(C2=CC(F)=C(C#N)CC2)c1C1=CCNS1. The van der Waals surface area contributed by atoms with E-state index in [1.807, 2.05) is 12.1 Å². The zero-order chi connectivity index (χ0) is 15.5. The van der Waals surface area contributed by atoms with Crippen LogP contribution in [0.4, 0.5) is 4.39 Å². The molecule has 4 heteroatoms. The number of rotatable bonds is 3. The number of hydrogen-bond donors (Lipinski definition) is 1. The van der Waals surface area contributed by atoms with Crippen LogP contribution in [0.2, 0.25) is 0 Å². The van der Waals surface area contributed by atoms with Gasteiger partial charge in [0.05, 0.1) is 11.6 Å². The Morgan fingerprint density at radius 3 is 2.86 bits per heavy atom. The smallest absolute Gasteiger partial charge is 0.137 e. The monoisotopic (exact) mass is 312 g/mol. The van der Waals surface area contributed by atoms with Gasteiger partial charge in [-0.2, -0.15) is 5.26 Å². The van der Waals surface area contributed by atoms with Crippen molar-refractivity contribution in [2.24, 2.45) is 0 Å². The molecule has 0 saturated heterocycles. The van der Waals surface area contributed by atoms with Crippen LogP contribution in [0.25, 0.3) is 10.5 Å². The molecule has 1 aromatic rings. The van der Waals surface area contributed by atoms with Crippen molar-refractivity contribution in [3.63, 3.8) is 0 Å². The average Bonchev–Trinajstić information content (AvgIpc) is 3.08. The lowest BCUT2D eigenvalue weighted by molar-refractivity contribution is 0.646. The highest BCUT2D eigenvalue weighted by Crippen LogP contribution is 2.40. The van der Waals surface area contributed by atoms with E-state index in [2.05, 4.69) is 29.9 Å². The van der Waals surface area contributed by atoms with Gasteiger partial charge in [-0.15, -0.1) is 0 Å². The molecular formula is C18H17FN2S. The second kappa shape index (κ2) is 6.51. The maximum Gasteiger partial charge on any atom is 0.137 e. The predicted molar refractivity (Wildman–Crippen MR) is 90.3 cm³/mol. The average molecular weight is 312 g/mol. The molecule has 22 heavy (non-hydrogen) atoms. The summed E-state index contributed by atoms with van der Waals surface area (Å²) >= 11 is 1.63. The highest BCUT2D eigenvalue weighted by Gasteiger charge is 2.21. The maximum atomic E-state index is 14.0. The van der Waals surface area contributed by atoms with Crippen molar-refractivity contribution in [2.75, 3.05) is 6.54 Å². The highest BCUT2D eigenvalue weighted by molar-refractivity contribution is 8.06. The van der Waals surface area contributed by atoms with Crippen LogP contribution in [0.3, 0.4) is 0 Å². The minimum atomic E-state index is -0.386. The molecule has 1 heterocycles. The molecule has 1 aromatic carbocycles. The predicted octanol–water partition coefficient (Wildman–Crippen LogP) is 4.77. The molecule has 0 radical (unpaired) electrons. The highest BCUT2D eigenvalue weighted by atomic mass is 32.2. The normalized spacial score (nSPS) is 18.0. The fourth-order valence-electron chi connectivity index (χ4n) is 2.91. The summed E-state index contributed by atoms with van der Waals surface area (Å²) in [6.07, 6.45) is 5.85. The van der Waals surface area contributed by atoms with Gasteiger partial charge < -0.3 is 0 Å². The largest absolute Gasteiger partial charge is 0.256 e. The van der Waals surface area contributed by atoms with Crippen LogP contribution in [0.1, 0.15) is 36.5 Å². The van der Waals surface area contributed by atoms with E-state index in [-0.39, 0.29) is 11.4 Å². The minimum Gasteiger partial charge on any atom is -0.256 e. The van der Waals surface area contributed by atoms with Gasteiger partial charge in [0, 0.05) is 11.4 Å². The first-order chi connectivity index (χ1) is 10.7. The molecule has 1 aliphatic carbocycles. The molecule has 0 unspecified atom stereocenters. The van der Waals surface area contributed by atoms with E-state index in [4.69, 9.17) is 5.26 Å². The Hall–Kier alpha value is -1.83. The fourth-order valence-corrected chi connectivity index (χ4v) is 3.75. The quantitative estimate of drug-likeness (QED) is 0.817. The van der Waals surface area contributed by atoms with E-state index in [1.54, 1.807) is 11.9 Å². The summed E-state index contributed by atoms with van der Waals surface area (Å²) in [6.45, 7) is 2.99. The zero-order valence-electron chi connectivity index (χ0n) is 12.4. The number of hydrogen-bond acceptors (Lipinski definition) is 3. The van der Waals surface area contributed by atoms with Crippen LogP contribution in [-0.2, 0) is 6.42 Å². The van der Waals surface area contributed by atoms with Crippen LogP contribution in [0.15, 0.2) is 41.8 Å². The molecule has 0 amide bonds. The summed E-state index contributed by atoms with van der Waals surface area (Å²) in [6, 6.07) is 8.18. The van der Waals surface area contributed by atoms with Crippen LogP contribution >= 0.6 is 11.9 Å². The first-order valence-corrected chi connectivity index (χ1v) is 8.28. The third-order valence-corrected chi connectivity index (χ3v) is 4.95. The Bertz CT molecular complexity index is 738. The Kier molecular flexibility index (Phi) is 4.47. The lowest BCUT2D eigenvalue weighted by Gasteiger charge is -2.19. The maximum absolute atomic E-state index is 14.0. The lowest BCUT2D eigenvalue weighted by atomic mass is 9.87. The Morgan fingerprint density at radius 2 is 2.23 bits per heavy atom. The number of benzene rings is 1. The number of nitrogens with one attached hydrogen (secondary N) is 1. The van der Waals surface area contributed by atoms with Crippen molar-refractivity contribution in [1.29, 1.82) is 5.26 Å². The third kappa shape index (κ3) is 2.75. The van der Waals surface area contributed by atoms with Crippen LogP contribution in [0, 0.1) is 11.3 Å². The lowest BCUT2D eigenvalue weighted by Crippen LogP contribution is -2.01. The van der Waals surface area contributed by atoms with Gasteiger partial charge in [0.25, 0.3) is 0 Å². The number of allylic oxidation sites excluding steroid dienone is 4. The topological polar surface area (TPSA) is 35.8 Å². The van der Waals surface area contributed by atoms with Crippen molar-refractivity contribution >= 4 is 22.4 Å². The molecule has 1 aliphatic heterocycles. The fraction of sp³-hybridized carbons (Fsp3) is 0.278. The summed E-state index contributed by atoms with van der Waals surface area (Å²) in [5.74, 6) is -0.386. The van der Waals surface area contributed by atoms with Gasteiger partial charge in [0.15, 0.2) is 0 Å². The summed E-state index contributed by atoms with van der Waals surface area (Å²) in [5.41, 5.74) is 4.81. The van der Waals surface area contributed by atoms with E-state index in [0.29, 0.717) is 12.8 Å². The van der Waals surface area contributed by atoms with Crippen molar-refractivity contribution in [1.82, 2.24) is 4.72 Å². The molecule has 0 spiro atoms. The third-order valence-electron chi connectivity index (χ3n) is 4.05. The summed E-state index contributed by atoms with van der Waals surface area (Å²) in [5, 5.41) is 8.93. The first-order valence-electron chi connectivity index (χ1n) is 7.46. The van der Waals surface area contributed by atoms with Gasteiger partial charge in [-0.25, -0.2) is 4.39 Å². The minimum absolute atomic E-state index is 0.257. The van der Waals surface area contributed by atoms with E-state index in [9.17, 15) is 4.39 Å². The molecule has 0 aromatic heterocycles. The second-order valence-corrected chi connectivity index (χ2v) is 6.25. The number of nitriles is 1. The van der Waals surface area contributed by atoms with Gasteiger partial charge in [0.2, 0.25) is 0 Å². The van der Waals surface area contributed by atoms with Crippen LogP contribution in [-0.4, -0.2) is 6.54 Å². The van der Waals surface area contributed by atoms with Crippen molar-refractivity contribution in [3.8, 4) is 6.07 Å². The molecule has 0 atom stereocenters. The molecular weight excluding hydrogens is 295 g/mol. The van der Waals surface area contributed by atoms with Crippen LogP contribution in [0.5, 0.6) is 0 Å². The summed E-state index contributed by atoms with van der Waals surface area (Å²) < 4.78 is 17.3. The van der Waals surface area contributed by atoms with Gasteiger partial charge >= 0.3 is 0 Å². The van der Waals surface area contributed by atoms with E-state index in [1.165, 1.54) is 22.1 Å². The van der Waals surface area contributed by atoms with E-state index in [0.717, 1.165) is 24.1 Å². The second-order valence-electron chi connectivity index (χ2n) is 5.32. The molecule has 1 N–H and O–H groups in total. The Morgan fingerprint density at radius 1 is 1.36 bits per heavy atom. The van der Waals surface area contributed by atoms with Crippen molar-refractivity contribution in [3.05, 3.63) is 58.4 Å². The number of nitrogens with zero attached hydrogens (tertiary/aromatic N) is 1. The summed E-state index contributed by atoms with van der Waals surface area (Å²) in [4.78, 5) is 1.21. The molecule has 2 nitrogen and oxygen atoms in total. The standard InChI is InChI=1S/C18H17FN2S/c1-2-12-4-3-5-15(18(12)17-8-9-21-22-17)13-6-7-14(11-20)16(19)10-13/h3-5,8,10,21H,2,6-7,9H2,1H3. The molecule has 112 valence electrons. The molecule has 0 fully saturated rings. The van der Waals surface area contributed by atoms with Crippen molar-refractivity contribution < 1.29 is 4.39 Å². The van der Waals surface area contributed by atoms with E-state index >= 15 is 0 Å². The summed E-state index contributed by atoms with van der Waals surface area (Å²) in [7, 11) is 0. The van der Waals surface area contributed by atoms with Gasteiger partial charge in [-0.1, -0.05) is 31.2 Å². The zero-order valence-corrected chi connectivity index (χ0v) is 13.3. The van der Waals surface area contributed by atoms with Crippen LogP contribution < -0.4 is 4.72 Å². The van der Waals surface area contributed by atoms with Gasteiger partial charge in [-0.05, 0) is 59.5 Å². The number of aryl methyl sites for hydroxylation is 1. The Labute approximate surface area is 134 Å². The van der Waals surface area contributed by atoms with Crippen molar-refractivity contribution in [2.45, 2.75) is 26.2 Å². The van der Waals surface area contributed by atoms with Gasteiger partial charge in [0.1, 0.15) is 5.83 Å². The molecule has 0 bridgehead atoms. The number of halogens is 1. The van der Waals surface area contributed by atoms with Gasteiger partial charge in [-0.3, -0.25) is 4.72 Å². The molecule has 0 saturated carbocycles. The molecule has 2 aliphatic rings.